The molecular formula is C13H11N2O3-. The highest BCUT2D eigenvalue weighted by molar-refractivity contribution is 6.04. The summed E-state index contributed by atoms with van der Waals surface area (Å²) in [7, 11) is 0. The molecule has 0 fully saturated rings. The summed E-state index contributed by atoms with van der Waals surface area (Å²) < 4.78 is 0. The summed E-state index contributed by atoms with van der Waals surface area (Å²) >= 11 is 0. The van der Waals surface area contributed by atoms with Gasteiger partial charge in [0.1, 0.15) is 0 Å². The fourth-order valence-corrected chi connectivity index (χ4v) is 1.50. The molecule has 0 bridgehead atoms. The Labute approximate surface area is 104 Å². The monoisotopic (exact) mass is 243 g/mol. The Balaban J connectivity index is 2.15. The highest BCUT2D eigenvalue weighted by atomic mass is 16.8. The van der Waals surface area contributed by atoms with Crippen molar-refractivity contribution < 1.29 is 10.0 Å². The van der Waals surface area contributed by atoms with Crippen molar-refractivity contribution in [2.75, 3.05) is 10.5 Å². The van der Waals surface area contributed by atoms with Gasteiger partial charge in [0.25, 0.3) is 5.91 Å². The van der Waals surface area contributed by atoms with Crippen molar-refractivity contribution in [2.45, 2.75) is 0 Å². The topological polar surface area (TPSA) is 75.6 Å². The van der Waals surface area contributed by atoms with Gasteiger partial charge in [-0.05, 0) is 30.3 Å². The average molecular weight is 243 g/mol. The third-order valence-electron chi connectivity index (χ3n) is 2.36. The van der Waals surface area contributed by atoms with E-state index in [9.17, 15) is 10.0 Å². The van der Waals surface area contributed by atoms with Crippen LogP contribution in [-0.2, 0) is 0 Å². The number of hydrogen-bond acceptors (Lipinski definition) is 4. The molecule has 0 spiro atoms. The molecule has 2 aromatic carbocycles. The maximum atomic E-state index is 11.8. The molecule has 2 rings (SSSR count). The van der Waals surface area contributed by atoms with E-state index in [-0.39, 0.29) is 16.8 Å². The van der Waals surface area contributed by atoms with E-state index in [0.717, 1.165) is 0 Å². The van der Waals surface area contributed by atoms with Crippen LogP contribution in [0.25, 0.3) is 0 Å². The second kappa shape index (κ2) is 5.31. The average Bonchev–Trinajstić information content (AvgIpc) is 2.40. The second-order valence-electron chi connectivity index (χ2n) is 3.64. The van der Waals surface area contributed by atoms with Crippen molar-refractivity contribution in [2.24, 2.45) is 0 Å². The standard InChI is InChI=1S/C13H11N2O3/c16-13(10-5-2-1-3-6-10)14-11-7-4-8-12(9-11)15(17)18/h1-9,17H,(H,14,16)/q-1. The van der Waals surface area contributed by atoms with E-state index in [1.54, 1.807) is 36.4 Å². The number of nitrogens with one attached hydrogen (secondary N) is 1. The third-order valence-corrected chi connectivity index (χ3v) is 2.36. The van der Waals surface area contributed by atoms with Crippen LogP contribution in [0.15, 0.2) is 54.6 Å². The maximum absolute atomic E-state index is 11.8. The van der Waals surface area contributed by atoms with Crippen LogP contribution in [0.1, 0.15) is 10.4 Å². The lowest BCUT2D eigenvalue weighted by Gasteiger charge is -2.22. The van der Waals surface area contributed by atoms with Crippen LogP contribution in [0.3, 0.4) is 0 Å². The first-order valence-corrected chi connectivity index (χ1v) is 5.29. The molecule has 5 heteroatoms. The second-order valence-corrected chi connectivity index (χ2v) is 3.64. The lowest BCUT2D eigenvalue weighted by molar-refractivity contribution is 0.102. The van der Waals surface area contributed by atoms with Crippen molar-refractivity contribution in [1.82, 2.24) is 0 Å². The molecule has 2 N–H and O–H groups in total. The van der Waals surface area contributed by atoms with Gasteiger partial charge < -0.3 is 15.8 Å². The predicted molar refractivity (Wildman–Crippen MR) is 68.5 cm³/mol. The predicted octanol–water partition coefficient (Wildman–Crippen LogP) is 2.63. The first-order valence-electron chi connectivity index (χ1n) is 5.29. The van der Waals surface area contributed by atoms with Crippen LogP contribution in [-0.4, -0.2) is 11.1 Å². The van der Waals surface area contributed by atoms with E-state index in [0.29, 0.717) is 11.3 Å². The van der Waals surface area contributed by atoms with Crippen molar-refractivity contribution in [3.05, 3.63) is 65.4 Å². The van der Waals surface area contributed by atoms with E-state index in [4.69, 9.17) is 5.21 Å². The Hall–Kier alpha value is -2.37. The minimum atomic E-state index is -0.275. The quantitative estimate of drug-likeness (QED) is 0.812. The normalized spacial score (nSPS) is 9.89. The molecule has 92 valence electrons. The molecule has 0 aromatic heterocycles. The summed E-state index contributed by atoms with van der Waals surface area (Å²) in [6, 6.07) is 14.7. The number of carbonyl (C=O) groups excluding carboxylic acids is 1. The number of nitrogens with zero attached hydrogens (tertiary/aromatic N) is 1. The zero-order chi connectivity index (χ0) is 13.0. The summed E-state index contributed by atoms with van der Waals surface area (Å²) in [6.45, 7) is 0. The SMILES string of the molecule is O=C(Nc1cccc(N([O-])O)c1)c1ccccc1. The van der Waals surface area contributed by atoms with Crippen LogP contribution in [0, 0.1) is 5.21 Å². The Morgan fingerprint density at radius 2 is 1.83 bits per heavy atom. The van der Waals surface area contributed by atoms with Gasteiger partial charge in [0.05, 0.1) is 5.69 Å². The minimum absolute atomic E-state index is 0.0564. The molecule has 1 amide bonds. The van der Waals surface area contributed by atoms with Gasteiger partial charge in [0, 0.05) is 11.3 Å². The molecule has 0 aliphatic rings. The van der Waals surface area contributed by atoms with Crippen LogP contribution in [0.4, 0.5) is 11.4 Å². The van der Waals surface area contributed by atoms with Gasteiger partial charge in [-0.3, -0.25) is 10.0 Å². The fraction of sp³-hybridized carbons (Fsp3) is 0. The van der Waals surface area contributed by atoms with Crippen LogP contribution < -0.4 is 10.5 Å². The van der Waals surface area contributed by atoms with Crippen LogP contribution >= 0.6 is 0 Å². The molecule has 0 saturated heterocycles. The van der Waals surface area contributed by atoms with E-state index >= 15 is 0 Å². The number of anilines is 2. The van der Waals surface area contributed by atoms with E-state index < -0.39 is 0 Å². The van der Waals surface area contributed by atoms with Crippen molar-refractivity contribution in [3.63, 3.8) is 0 Å². The van der Waals surface area contributed by atoms with Gasteiger partial charge >= 0.3 is 0 Å². The number of carbonyl (C=O) groups is 1. The van der Waals surface area contributed by atoms with Gasteiger partial charge in [-0.25, -0.2) is 0 Å². The fourth-order valence-electron chi connectivity index (χ4n) is 1.50. The molecule has 0 heterocycles. The summed E-state index contributed by atoms with van der Waals surface area (Å²) in [6.07, 6.45) is 0. The molecule has 0 aliphatic heterocycles. The molecule has 0 unspecified atom stereocenters. The smallest absolute Gasteiger partial charge is 0.255 e. The summed E-state index contributed by atoms with van der Waals surface area (Å²) in [5, 5.41) is 21.9. The molecule has 0 aliphatic carbocycles. The Kier molecular flexibility index (Phi) is 3.57. The summed E-state index contributed by atoms with van der Waals surface area (Å²) in [4.78, 5) is 11.8. The van der Waals surface area contributed by atoms with Gasteiger partial charge in [-0.1, -0.05) is 24.3 Å². The van der Waals surface area contributed by atoms with Crippen LogP contribution in [0.5, 0.6) is 0 Å². The molecular weight excluding hydrogens is 232 g/mol. The van der Waals surface area contributed by atoms with E-state index in [1.165, 1.54) is 12.1 Å². The number of amides is 1. The molecule has 0 radical (unpaired) electrons. The van der Waals surface area contributed by atoms with Crippen molar-refractivity contribution in [3.8, 4) is 0 Å². The Morgan fingerprint density at radius 3 is 2.50 bits per heavy atom. The zero-order valence-corrected chi connectivity index (χ0v) is 9.41. The van der Waals surface area contributed by atoms with Gasteiger partial charge in [-0.15, -0.1) is 0 Å². The Morgan fingerprint density at radius 1 is 1.11 bits per heavy atom. The van der Waals surface area contributed by atoms with Crippen LogP contribution in [0.2, 0.25) is 0 Å². The van der Waals surface area contributed by atoms with Gasteiger partial charge in [0.2, 0.25) is 0 Å². The van der Waals surface area contributed by atoms with Gasteiger partial charge in [-0.2, -0.15) is 0 Å². The summed E-state index contributed by atoms with van der Waals surface area (Å²) in [5.74, 6) is -0.275. The third kappa shape index (κ3) is 2.85. The highest BCUT2D eigenvalue weighted by Crippen LogP contribution is 2.18. The molecule has 0 atom stereocenters. The first kappa shape index (κ1) is 12.1. The summed E-state index contributed by atoms with van der Waals surface area (Å²) in [5.41, 5.74) is 1.02. The lowest BCUT2D eigenvalue weighted by atomic mass is 10.2. The van der Waals surface area contributed by atoms with Gasteiger partial charge in [0.15, 0.2) is 0 Å². The van der Waals surface area contributed by atoms with E-state index in [1.807, 2.05) is 6.07 Å². The molecule has 0 saturated carbocycles. The number of benzene rings is 2. The minimum Gasteiger partial charge on any atom is -0.733 e. The number of rotatable bonds is 3. The zero-order valence-electron chi connectivity index (χ0n) is 9.41. The van der Waals surface area contributed by atoms with E-state index in [2.05, 4.69) is 5.32 Å². The lowest BCUT2D eigenvalue weighted by Crippen LogP contribution is -2.12. The highest BCUT2D eigenvalue weighted by Gasteiger charge is 2.05. The number of hydrogen-bond donors (Lipinski definition) is 2. The molecule has 5 nitrogen and oxygen atoms in total. The molecule has 18 heavy (non-hydrogen) atoms. The van der Waals surface area contributed by atoms with Crippen molar-refractivity contribution in [1.29, 1.82) is 0 Å². The Bertz CT molecular complexity index is 541. The largest absolute Gasteiger partial charge is 0.733 e. The maximum Gasteiger partial charge on any atom is 0.255 e. The first-order chi connectivity index (χ1) is 8.66. The van der Waals surface area contributed by atoms with Crippen molar-refractivity contribution >= 4 is 17.3 Å². The molecule has 2 aromatic rings.